The lowest BCUT2D eigenvalue weighted by molar-refractivity contribution is -0.126. The molecule has 8 heteroatoms. The van der Waals surface area contributed by atoms with E-state index in [1.54, 1.807) is 18.2 Å². The van der Waals surface area contributed by atoms with Gasteiger partial charge in [-0.05, 0) is 38.5 Å². The Balaban J connectivity index is 1.79. The van der Waals surface area contributed by atoms with Gasteiger partial charge in [0, 0.05) is 23.5 Å². The Labute approximate surface area is 154 Å². The van der Waals surface area contributed by atoms with Crippen LogP contribution < -0.4 is 10.6 Å². The van der Waals surface area contributed by atoms with E-state index >= 15 is 0 Å². The summed E-state index contributed by atoms with van der Waals surface area (Å²) in [7, 11) is 0. The number of benzene rings is 1. The van der Waals surface area contributed by atoms with Crippen LogP contribution in [-0.4, -0.2) is 47.7 Å². The van der Waals surface area contributed by atoms with Gasteiger partial charge in [-0.1, -0.05) is 15.9 Å². The maximum atomic E-state index is 12.3. The summed E-state index contributed by atoms with van der Waals surface area (Å²) in [4.78, 5) is 48.9. The van der Waals surface area contributed by atoms with Crippen molar-refractivity contribution in [2.45, 2.75) is 32.7 Å². The third kappa shape index (κ3) is 4.88. The Morgan fingerprint density at radius 3 is 2.48 bits per heavy atom. The van der Waals surface area contributed by atoms with Crippen LogP contribution in [0.3, 0.4) is 0 Å². The molecule has 0 radical (unpaired) electrons. The summed E-state index contributed by atoms with van der Waals surface area (Å²) in [5, 5.41) is 5.18. The Morgan fingerprint density at radius 1 is 1.12 bits per heavy atom. The highest BCUT2D eigenvalue weighted by atomic mass is 79.9. The molecule has 4 amide bonds. The number of fused-ring (bicyclic) bond motifs is 1. The molecule has 1 aromatic carbocycles. The number of rotatable bonds is 7. The van der Waals surface area contributed by atoms with Crippen molar-refractivity contribution in [2.75, 3.05) is 13.1 Å². The number of amides is 4. The molecule has 0 unspecified atom stereocenters. The third-order valence-electron chi connectivity index (χ3n) is 3.61. The first kappa shape index (κ1) is 19.1. The lowest BCUT2D eigenvalue weighted by atomic mass is 10.1. The molecule has 0 fully saturated rings. The maximum Gasteiger partial charge on any atom is 0.261 e. The van der Waals surface area contributed by atoms with Gasteiger partial charge in [0.05, 0.1) is 17.7 Å². The average molecular weight is 410 g/mol. The molecule has 0 spiro atoms. The summed E-state index contributed by atoms with van der Waals surface area (Å²) in [6.07, 6.45) is 0.469. The van der Waals surface area contributed by atoms with E-state index in [1.807, 2.05) is 13.8 Å². The first-order chi connectivity index (χ1) is 11.8. The van der Waals surface area contributed by atoms with Crippen molar-refractivity contribution in [3.63, 3.8) is 0 Å². The second-order valence-electron chi connectivity index (χ2n) is 6.05. The van der Waals surface area contributed by atoms with Crippen molar-refractivity contribution in [2.24, 2.45) is 0 Å². The van der Waals surface area contributed by atoms with E-state index < -0.39 is 0 Å². The standard InChI is InChI=1S/C17H20BrN3O4/c1-10(2)20-15(23)9-19-14(22)4-3-7-21-16(24)12-6-5-11(18)8-13(12)17(21)25/h5-6,8,10H,3-4,7,9H2,1-2H3,(H,19,22)(H,20,23). The summed E-state index contributed by atoms with van der Waals surface area (Å²) in [6, 6.07) is 4.96. The van der Waals surface area contributed by atoms with Crippen molar-refractivity contribution < 1.29 is 19.2 Å². The topological polar surface area (TPSA) is 95.6 Å². The number of halogens is 1. The molecule has 1 heterocycles. The van der Waals surface area contributed by atoms with Crippen molar-refractivity contribution in [1.29, 1.82) is 0 Å². The van der Waals surface area contributed by atoms with Crippen LogP contribution in [0, 0.1) is 0 Å². The fraction of sp³-hybridized carbons (Fsp3) is 0.412. The number of nitrogens with zero attached hydrogens (tertiary/aromatic N) is 1. The molecule has 1 aliphatic rings. The molecular formula is C17H20BrN3O4. The molecule has 0 atom stereocenters. The highest BCUT2D eigenvalue weighted by Gasteiger charge is 2.35. The van der Waals surface area contributed by atoms with Crippen molar-refractivity contribution in [3.05, 3.63) is 33.8 Å². The van der Waals surface area contributed by atoms with Gasteiger partial charge in [0.1, 0.15) is 0 Å². The molecule has 1 aromatic rings. The molecule has 0 aromatic heterocycles. The minimum atomic E-state index is -0.349. The van der Waals surface area contributed by atoms with Crippen LogP contribution in [0.1, 0.15) is 47.4 Å². The Kier molecular flexibility index (Phi) is 6.30. The highest BCUT2D eigenvalue weighted by Crippen LogP contribution is 2.26. The van der Waals surface area contributed by atoms with E-state index in [0.717, 1.165) is 9.37 Å². The van der Waals surface area contributed by atoms with Crippen LogP contribution in [0.15, 0.2) is 22.7 Å². The zero-order valence-electron chi connectivity index (χ0n) is 14.1. The SMILES string of the molecule is CC(C)NC(=O)CNC(=O)CCCN1C(=O)c2ccc(Br)cc2C1=O. The fourth-order valence-electron chi connectivity index (χ4n) is 2.50. The molecule has 0 saturated carbocycles. The van der Waals surface area contributed by atoms with E-state index in [0.29, 0.717) is 17.5 Å². The summed E-state index contributed by atoms with van der Waals surface area (Å²) >= 11 is 3.28. The number of hydrogen-bond acceptors (Lipinski definition) is 4. The van der Waals surface area contributed by atoms with Crippen molar-refractivity contribution in [3.8, 4) is 0 Å². The highest BCUT2D eigenvalue weighted by molar-refractivity contribution is 9.10. The molecule has 0 bridgehead atoms. The normalized spacial score (nSPS) is 13.2. The van der Waals surface area contributed by atoms with E-state index in [-0.39, 0.29) is 49.2 Å². The van der Waals surface area contributed by atoms with Gasteiger partial charge in [0.25, 0.3) is 11.8 Å². The van der Waals surface area contributed by atoms with Gasteiger partial charge in [-0.25, -0.2) is 0 Å². The number of carbonyl (C=O) groups excluding carboxylic acids is 4. The minimum absolute atomic E-state index is 0.0123. The number of hydrogen-bond donors (Lipinski definition) is 2. The van der Waals surface area contributed by atoms with Crippen LogP contribution in [0.5, 0.6) is 0 Å². The molecule has 2 rings (SSSR count). The van der Waals surface area contributed by atoms with Gasteiger partial charge < -0.3 is 10.6 Å². The first-order valence-corrected chi connectivity index (χ1v) is 8.80. The van der Waals surface area contributed by atoms with Gasteiger partial charge in [0.2, 0.25) is 11.8 Å². The fourth-order valence-corrected chi connectivity index (χ4v) is 2.87. The summed E-state index contributed by atoms with van der Waals surface area (Å²) in [5.41, 5.74) is 0.747. The molecule has 1 aliphatic heterocycles. The van der Waals surface area contributed by atoms with Gasteiger partial charge in [-0.15, -0.1) is 0 Å². The zero-order chi connectivity index (χ0) is 18.6. The van der Waals surface area contributed by atoms with Crippen LogP contribution in [0.25, 0.3) is 0 Å². The Morgan fingerprint density at radius 2 is 1.80 bits per heavy atom. The van der Waals surface area contributed by atoms with Crippen molar-refractivity contribution in [1.82, 2.24) is 15.5 Å². The predicted octanol–water partition coefficient (Wildman–Crippen LogP) is 1.47. The average Bonchev–Trinajstić information content (AvgIpc) is 2.76. The van der Waals surface area contributed by atoms with Gasteiger partial charge >= 0.3 is 0 Å². The van der Waals surface area contributed by atoms with E-state index in [9.17, 15) is 19.2 Å². The van der Waals surface area contributed by atoms with Crippen LogP contribution in [0.4, 0.5) is 0 Å². The zero-order valence-corrected chi connectivity index (χ0v) is 15.7. The molecule has 134 valence electrons. The lowest BCUT2D eigenvalue weighted by Gasteiger charge is -2.13. The molecule has 7 nitrogen and oxygen atoms in total. The quantitative estimate of drug-likeness (QED) is 0.666. The summed E-state index contributed by atoms with van der Waals surface area (Å²) in [5.74, 6) is -1.24. The van der Waals surface area contributed by atoms with Gasteiger partial charge in [-0.3, -0.25) is 24.1 Å². The number of imide groups is 1. The largest absolute Gasteiger partial charge is 0.352 e. The molecule has 25 heavy (non-hydrogen) atoms. The summed E-state index contributed by atoms with van der Waals surface area (Å²) in [6.45, 7) is 3.74. The van der Waals surface area contributed by atoms with Gasteiger partial charge in [0.15, 0.2) is 0 Å². The van der Waals surface area contributed by atoms with Crippen molar-refractivity contribution >= 4 is 39.6 Å². The van der Waals surface area contributed by atoms with E-state index in [2.05, 4.69) is 26.6 Å². The van der Waals surface area contributed by atoms with Gasteiger partial charge in [-0.2, -0.15) is 0 Å². The molecule has 0 aliphatic carbocycles. The third-order valence-corrected chi connectivity index (χ3v) is 4.11. The number of carbonyl (C=O) groups is 4. The predicted molar refractivity (Wildman–Crippen MR) is 95.0 cm³/mol. The minimum Gasteiger partial charge on any atom is -0.352 e. The maximum absolute atomic E-state index is 12.3. The Hall–Kier alpha value is -2.22. The second kappa shape index (κ2) is 8.24. The first-order valence-electron chi connectivity index (χ1n) is 8.01. The number of nitrogens with one attached hydrogen (secondary N) is 2. The Bertz CT molecular complexity index is 718. The molecule has 2 N–H and O–H groups in total. The van der Waals surface area contributed by atoms with Crippen LogP contribution >= 0.6 is 15.9 Å². The second-order valence-corrected chi connectivity index (χ2v) is 6.97. The molecule has 0 saturated heterocycles. The smallest absolute Gasteiger partial charge is 0.261 e. The molecular weight excluding hydrogens is 390 g/mol. The monoisotopic (exact) mass is 409 g/mol. The summed E-state index contributed by atoms with van der Waals surface area (Å²) < 4.78 is 0.730. The van der Waals surface area contributed by atoms with E-state index in [4.69, 9.17) is 0 Å². The van der Waals surface area contributed by atoms with E-state index in [1.165, 1.54) is 0 Å². The van der Waals surface area contributed by atoms with Crippen LogP contribution in [-0.2, 0) is 9.59 Å². The lowest BCUT2D eigenvalue weighted by Crippen LogP contribution is -2.40. The van der Waals surface area contributed by atoms with Crippen LogP contribution in [0.2, 0.25) is 0 Å².